The predicted octanol–water partition coefficient (Wildman–Crippen LogP) is 2.20. The molecule has 34 heavy (non-hydrogen) atoms. The zero-order valence-electron chi connectivity index (χ0n) is 17.9. The van der Waals surface area contributed by atoms with Crippen molar-refractivity contribution in [1.82, 2.24) is 19.3 Å². The number of hydrogen-bond acceptors (Lipinski definition) is 7. The molecule has 13 heteroatoms. The third-order valence-electron chi connectivity index (χ3n) is 4.23. The van der Waals surface area contributed by atoms with Gasteiger partial charge in [-0.1, -0.05) is 0 Å². The summed E-state index contributed by atoms with van der Waals surface area (Å²) in [4.78, 5) is 26.5. The minimum atomic E-state index is -4.19. The Kier molecular flexibility index (Phi) is 8.70. The maximum absolute atomic E-state index is 15.0. The largest absolute Gasteiger partial charge is 0.478 e. The first-order valence-electron chi connectivity index (χ1n) is 9.47. The van der Waals surface area contributed by atoms with Gasteiger partial charge in [-0.15, -0.1) is 0 Å². The van der Waals surface area contributed by atoms with Crippen LogP contribution in [-0.4, -0.2) is 51.6 Å². The van der Waals surface area contributed by atoms with Gasteiger partial charge in [-0.3, -0.25) is 4.98 Å². The maximum atomic E-state index is 15.0. The average Bonchev–Trinajstić information content (AvgIpc) is 3.10. The minimum absolute atomic E-state index is 0.0786. The molecule has 3 heterocycles. The van der Waals surface area contributed by atoms with Crippen LogP contribution in [-0.2, 0) is 26.2 Å². The lowest BCUT2D eigenvalue weighted by Gasteiger charge is -2.12. The number of carboxylic acid groups (broad SMARTS) is 2. The molecule has 0 saturated carbocycles. The summed E-state index contributed by atoms with van der Waals surface area (Å²) in [6.45, 7) is 1.61. The molecular weight excluding hydrogens is 474 g/mol. The normalized spacial score (nSPS) is 11.2. The zero-order chi connectivity index (χ0) is 25.5. The summed E-state index contributed by atoms with van der Waals surface area (Å²) in [6.07, 6.45) is 4.93. The van der Waals surface area contributed by atoms with Crippen LogP contribution in [0.15, 0.2) is 59.9 Å². The van der Waals surface area contributed by atoms with Crippen LogP contribution in [0.4, 0.5) is 8.78 Å². The van der Waals surface area contributed by atoms with Gasteiger partial charge in [0.25, 0.3) is 10.0 Å². The van der Waals surface area contributed by atoms with Gasteiger partial charge in [0.1, 0.15) is 10.6 Å². The number of pyridine rings is 2. The Morgan fingerprint density at radius 2 is 1.68 bits per heavy atom. The van der Waals surface area contributed by atoms with Gasteiger partial charge in [0.15, 0.2) is 5.82 Å². The van der Waals surface area contributed by atoms with E-state index < -0.39 is 39.4 Å². The van der Waals surface area contributed by atoms with Gasteiger partial charge in [0.05, 0.1) is 11.3 Å². The second-order valence-electron chi connectivity index (χ2n) is 6.59. The molecule has 3 N–H and O–H groups in total. The minimum Gasteiger partial charge on any atom is -0.478 e. The molecule has 0 amide bonds. The Bertz CT molecular complexity index is 1320. The van der Waals surface area contributed by atoms with Gasteiger partial charge in [-0.05, 0) is 38.2 Å². The van der Waals surface area contributed by atoms with Crippen LogP contribution >= 0.6 is 0 Å². The number of aryl methyl sites for hydroxylation is 1. The second kappa shape index (κ2) is 11.2. The molecule has 3 aromatic rings. The van der Waals surface area contributed by atoms with Crippen molar-refractivity contribution >= 4 is 22.0 Å². The van der Waals surface area contributed by atoms with Gasteiger partial charge in [-0.2, -0.15) is 4.39 Å². The smallest absolute Gasteiger partial charge is 0.328 e. The summed E-state index contributed by atoms with van der Waals surface area (Å²) in [6, 6.07) is 5.54. The van der Waals surface area contributed by atoms with E-state index in [1.165, 1.54) is 43.6 Å². The van der Waals surface area contributed by atoms with Gasteiger partial charge in [0.2, 0.25) is 5.95 Å². The number of rotatable bonds is 7. The molecule has 3 rings (SSSR count). The molecule has 0 spiro atoms. The fourth-order valence-electron chi connectivity index (χ4n) is 2.81. The third kappa shape index (κ3) is 6.08. The molecule has 180 valence electrons. The van der Waals surface area contributed by atoms with Gasteiger partial charge >= 0.3 is 11.9 Å². The highest BCUT2D eigenvalue weighted by molar-refractivity contribution is 7.90. The first-order chi connectivity index (χ1) is 16.0. The molecule has 0 saturated heterocycles. The van der Waals surface area contributed by atoms with Crippen molar-refractivity contribution in [3.05, 3.63) is 78.0 Å². The first-order valence-corrected chi connectivity index (χ1v) is 10.9. The number of halogens is 2. The van der Waals surface area contributed by atoms with Crippen LogP contribution < -0.4 is 5.32 Å². The molecule has 0 unspecified atom stereocenters. The highest BCUT2D eigenvalue weighted by Crippen LogP contribution is 2.32. The highest BCUT2D eigenvalue weighted by atomic mass is 32.2. The van der Waals surface area contributed by atoms with E-state index >= 15 is 0 Å². The van der Waals surface area contributed by atoms with E-state index in [2.05, 4.69) is 15.3 Å². The Morgan fingerprint density at radius 1 is 1.09 bits per heavy atom. The van der Waals surface area contributed by atoms with E-state index in [-0.39, 0.29) is 28.3 Å². The Hall–Kier alpha value is -3.97. The number of hydrogen-bond donors (Lipinski definition) is 3. The van der Waals surface area contributed by atoms with Crippen LogP contribution in [0, 0.1) is 18.7 Å². The standard InChI is InChI=1S/C17H16F2N4O2S.C4H4O4/c1-11-14(6-4-7-21-11)26(24,25)23-10-12(9-20-2)15(18)16(23)13-5-3-8-22-17(13)19;5-3(6)1-2-4(7)8/h3-8,10,20H,9H2,1-2H3;1-2H,(H,5,6)(H,7,8). The summed E-state index contributed by atoms with van der Waals surface area (Å²) in [7, 11) is -2.60. The van der Waals surface area contributed by atoms with Crippen molar-refractivity contribution in [2.45, 2.75) is 18.4 Å². The molecular formula is C21H20F2N4O6S. The number of aromatic nitrogens is 3. The zero-order valence-corrected chi connectivity index (χ0v) is 18.8. The number of aliphatic carboxylic acids is 2. The lowest BCUT2D eigenvalue weighted by atomic mass is 10.2. The van der Waals surface area contributed by atoms with E-state index in [1.54, 1.807) is 7.05 Å². The third-order valence-corrected chi connectivity index (χ3v) is 6.02. The lowest BCUT2D eigenvalue weighted by Crippen LogP contribution is -2.16. The SMILES string of the molecule is CNCc1cn(S(=O)(=O)c2cccnc2C)c(-c2cccnc2F)c1F.O=C(O)C=CC(=O)O. The molecule has 0 fully saturated rings. The molecule has 0 aliphatic rings. The molecule has 0 atom stereocenters. The fourth-order valence-corrected chi connectivity index (χ4v) is 4.38. The second-order valence-corrected chi connectivity index (χ2v) is 8.37. The van der Waals surface area contributed by atoms with Crippen molar-refractivity contribution in [2.75, 3.05) is 7.05 Å². The molecule has 3 aromatic heterocycles. The molecule has 0 aliphatic carbocycles. The average molecular weight is 494 g/mol. The molecule has 0 radical (unpaired) electrons. The summed E-state index contributed by atoms with van der Waals surface area (Å²) in [5, 5.41) is 18.4. The van der Waals surface area contributed by atoms with Gasteiger partial charge in [0, 0.05) is 42.9 Å². The van der Waals surface area contributed by atoms with Crippen molar-refractivity contribution in [3.63, 3.8) is 0 Å². The van der Waals surface area contributed by atoms with Crippen molar-refractivity contribution in [2.24, 2.45) is 0 Å². The molecule has 0 aliphatic heterocycles. The summed E-state index contributed by atoms with van der Waals surface area (Å²) >= 11 is 0. The lowest BCUT2D eigenvalue weighted by molar-refractivity contribution is -0.134. The maximum Gasteiger partial charge on any atom is 0.328 e. The Morgan fingerprint density at radius 3 is 2.21 bits per heavy atom. The van der Waals surface area contributed by atoms with E-state index in [9.17, 15) is 26.8 Å². The van der Waals surface area contributed by atoms with E-state index in [0.717, 1.165) is 10.2 Å². The van der Waals surface area contributed by atoms with E-state index in [0.29, 0.717) is 12.2 Å². The van der Waals surface area contributed by atoms with Crippen LogP contribution in [0.25, 0.3) is 11.3 Å². The monoisotopic (exact) mass is 494 g/mol. The predicted molar refractivity (Wildman–Crippen MR) is 116 cm³/mol. The quantitative estimate of drug-likeness (QED) is 0.332. The van der Waals surface area contributed by atoms with Crippen LogP contribution in [0.2, 0.25) is 0 Å². The number of nitrogens with zero attached hydrogens (tertiary/aromatic N) is 3. The van der Waals surface area contributed by atoms with Crippen LogP contribution in [0.5, 0.6) is 0 Å². The fraction of sp³-hybridized carbons (Fsp3) is 0.143. The van der Waals surface area contributed by atoms with E-state index in [4.69, 9.17) is 10.2 Å². The van der Waals surface area contributed by atoms with Gasteiger partial charge < -0.3 is 15.5 Å². The topological polar surface area (TPSA) is 151 Å². The Balaban J connectivity index is 0.000000440. The molecule has 0 bridgehead atoms. The number of carboxylic acids is 2. The van der Waals surface area contributed by atoms with Crippen molar-refractivity contribution < 1.29 is 37.0 Å². The first kappa shape index (κ1) is 26.3. The van der Waals surface area contributed by atoms with Crippen molar-refractivity contribution in [1.29, 1.82) is 0 Å². The van der Waals surface area contributed by atoms with Gasteiger partial charge in [-0.25, -0.2) is 31.4 Å². The molecule has 0 aromatic carbocycles. The number of nitrogens with one attached hydrogen (secondary N) is 1. The summed E-state index contributed by atoms with van der Waals surface area (Å²) < 4.78 is 56.1. The molecule has 10 nitrogen and oxygen atoms in total. The Labute approximate surface area is 193 Å². The van der Waals surface area contributed by atoms with Crippen LogP contribution in [0.1, 0.15) is 11.3 Å². The van der Waals surface area contributed by atoms with Crippen molar-refractivity contribution in [3.8, 4) is 11.3 Å². The summed E-state index contributed by atoms with van der Waals surface area (Å²) in [5.41, 5.74) is -0.285. The van der Waals surface area contributed by atoms with Crippen LogP contribution in [0.3, 0.4) is 0 Å². The number of carbonyl (C=O) groups is 2. The highest BCUT2D eigenvalue weighted by Gasteiger charge is 2.29. The summed E-state index contributed by atoms with van der Waals surface area (Å²) in [5.74, 6) is -4.30. The van der Waals surface area contributed by atoms with E-state index in [1.807, 2.05) is 0 Å².